The summed E-state index contributed by atoms with van der Waals surface area (Å²) >= 11 is 6.10. The van der Waals surface area contributed by atoms with Crippen LogP contribution in [-0.2, 0) is 0 Å². The molecule has 3 aromatic rings. The van der Waals surface area contributed by atoms with E-state index < -0.39 is 0 Å². The van der Waals surface area contributed by atoms with Crippen LogP contribution in [0.25, 0.3) is 22.5 Å². The Hall–Kier alpha value is -2.19. The van der Waals surface area contributed by atoms with Crippen LogP contribution in [0.4, 0.5) is 0 Å². The minimum Gasteiger partial charge on any atom is -0.237 e. The quantitative estimate of drug-likeness (QED) is 0.684. The summed E-state index contributed by atoms with van der Waals surface area (Å²) < 4.78 is 0. The van der Waals surface area contributed by atoms with Gasteiger partial charge in [0.1, 0.15) is 0 Å². The predicted octanol–water partition coefficient (Wildman–Crippen LogP) is 4.46. The Morgan fingerprint density at radius 3 is 2.21 bits per heavy atom. The zero-order chi connectivity index (χ0) is 13.1. The largest absolute Gasteiger partial charge is 0.237 e. The molecular formula is C16H11ClN2. The van der Waals surface area contributed by atoms with Crippen molar-refractivity contribution in [1.82, 2.24) is 9.97 Å². The van der Waals surface area contributed by atoms with Gasteiger partial charge in [-0.1, -0.05) is 48.0 Å². The van der Waals surface area contributed by atoms with Gasteiger partial charge in [0.05, 0.1) is 0 Å². The minimum absolute atomic E-state index is 0.683. The molecule has 0 fully saturated rings. The van der Waals surface area contributed by atoms with Crippen LogP contribution in [0.1, 0.15) is 0 Å². The number of rotatable bonds is 2. The smallest absolute Gasteiger partial charge is 0.159 e. The fourth-order valence-corrected chi connectivity index (χ4v) is 2.18. The standard InChI is InChI=1S/C16H11ClN2/c17-13-7-8-14(12-5-2-1-3-6-12)15(11-13)16-18-9-4-10-19-16/h1-11H. The molecule has 1 heterocycles. The highest BCUT2D eigenvalue weighted by atomic mass is 35.5. The fraction of sp³-hybridized carbons (Fsp3) is 0. The van der Waals surface area contributed by atoms with Crippen LogP contribution in [0, 0.1) is 0 Å². The molecule has 0 radical (unpaired) electrons. The van der Waals surface area contributed by atoms with Crippen molar-refractivity contribution in [3.8, 4) is 22.5 Å². The third-order valence-electron chi connectivity index (χ3n) is 2.87. The number of benzene rings is 2. The van der Waals surface area contributed by atoms with Crippen LogP contribution in [0.2, 0.25) is 5.02 Å². The summed E-state index contributed by atoms with van der Waals surface area (Å²) in [7, 11) is 0. The summed E-state index contributed by atoms with van der Waals surface area (Å²) in [6.07, 6.45) is 3.47. The lowest BCUT2D eigenvalue weighted by atomic mass is 9.99. The molecule has 0 bridgehead atoms. The monoisotopic (exact) mass is 266 g/mol. The Morgan fingerprint density at radius 1 is 0.737 bits per heavy atom. The third kappa shape index (κ3) is 2.49. The topological polar surface area (TPSA) is 25.8 Å². The molecule has 0 unspecified atom stereocenters. The lowest BCUT2D eigenvalue weighted by Gasteiger charge is -2.09. The first kappa shape index (κ1) is 11.9. The number of hydrogen-bond acceptors (Lipinski definition) is 2. The second-order valence-electron chi connectivity index (χ2n) is 4.13. The van der Waals surface area contributed by atoms with Gasteiger partial charge in [0.2, 0.25) is 0 Å². The van der Waals surface area contributed by atoms with Crippen molar-refractivity contribution >= 4 is 11.6 Å². The molecule has 92 valence electrons. The van der Waals surface area contributed by atoms with Gasteiger partial charge in [0, 0.05) is 23.0 Å². The normalized spacial score (nSPS) is 10.4. The van der Waals surface area contributed by atoms with Crippen LogP contribution in [0.3, 0.4) is 0 Å². The van der Waals surface area contributed by atoms with Crippen molar-refractivity contribution in [3.05, 3.63) is 72.0 Å². The van der Waals surface area contributed by atoms with Gasteiger partial charge < -0.3 is 0 Å². The molecule has 2 aromatic carbocycles. The highest BCUT2D eigenvalue weighted by Crippen LogP contribution is 2.32. The fourth-order valence-electron chi connectivity index (χ4n) is 2.01. The summed E-state index contributed by atoms with van der Waals surface area (Å²) in [4.78, 5) is 8.61. The molecule has 0 amide bonds. The Kier molecular flexibility index (Phi) is 3.25. The minimum atomic E-state index is 0.683. The summed E-state index contributed by atoms with van der Waals surface area (Å²) in [5.74, 6) is 0.684. The molecule has 0 aliphatic rings. The van der Waals surface area contributed by atoms with Crippen LogP contribution < -0.4 is 0 Å². The van der Waals surface area contributed by atoms with Crippen molar-refractivity contribution in [2.75, 3.05) is 0 Å². The van der Waals surface area contributed by atoms with E-state index >= 15 is 0 Å². The van der Waals surface area contributed by atoms with Gasteiger partial charge in [0.25, 0.3) is 0 Å². The molecule has 0 atom stereocenters. The van der Waals surface area contributed by atoms with Crippen molar-refractivity contribution in [3.63, 3.8) is 0 Å². The van der Waals surface area contributed by atoms with E-state index in [1.165, 1.54) is 0 Å². The maximum atomic E-state index is 6.10. The third-order valence-corrected chi connectivity index (χ3v) is 3.11. The molecule has 0 N–H and O–H groups in total. The molecule has 0 spiro atoms. The second-order valence-corrected chi connectivity index (χ2v) is 4.56. The van der Waals surface area contributed by atoms with Gasteiger partial charge in [-0.05, 0) is 29.3 Å². The molecule has 3 heteroatoms. The first-order chi connectivity index (χ1) is 9.34. The summed E-state index contributed by atoms with van der Waals surface area (Å²) in [5.41, 5.74) is 3.15. The molecule has 0 aliphatic heterocycles. The van der Waals surface area contributed by atoms with E-state index in [9.17, 15) is 0 Å². The van der Waals surface area contributed by atoms with Crippen molar-refractivity contribution in [2.45, 2.75) is 0 Å². The van der Waals surface area contributed by atoms with E-state index in [2.05, 4.69) is 22.1 Å². The SMILES string of the molecule is Clc1ccc(-c2ccccc2)c(-c2ncccn2)c1. The number of aromatic nitrogens is 2. The molecule has 3 rings (SSSR count). The van der Waals surface area contributed by atoms with E-state index in [1.54, 1.807) is 18.5 Å². The van der Waals surface area contributed by atoms with Gasteiger partial charge >= 0.3 is 0 Å². The van der Waals surface area contributed by atoms with Gasteiger partial charge in [-0.2, -0.15) is 0 Å². The second kappa shape index (κ2) is 5.21. The van der Waals surface area contributed by atoms with Crippen LogP contribution in [0.5, 0.6) is 0 Å². The van der Waals surface area contributed by atoms with Crippen LogP contribution in [0.15, 0.2) is 67.0 Å². The average molecular weight is 267 g/mol. The van der Waals surface area contributed by atoms with E-state index in [1.807, 2.05) is 36.4 Å². The lowest BCUT2D eigenvalue weighted by Crippen LogP contribution is -1.90. The molecule has 19 heavy (non-hydrogen) atoms. The van der Waals surface area contributed by atoms with Crippen LogP contribution in [-0.4, -0.2) is 9.97 Å². The van der Waals surface area contributed by atoms with Crippen molar-refractivity contribution < 1.29 is 0 Å². The van der Waals surface area contributed by atoms with Gasteiger partial charge in [0.15, 0.2) is 5.82 Å². The Bertz CT molecular complexity index is 682. The number of nitrogens with zero attached hydrogens (tertiary/aromatic N) is 2. The molecule has 2 nitrogen and oxygen atoms in total. The first-order valence-electron chi connectivity index (χ1n) is 5.97. The predicted molar refractivity (Wildman–Crippen MR) is 77.9 cm³/mol. The molecule has 0 saturated heterocycles. The number of hydrogen-bond donors (Lipinski definition) is 0. The summed E-state index contributed by atoms with van der Waals surface area (Å²) in [6, 6.07) is 17.7. The maximum absolute atomic E-state index is 6.10. The van der Waals surface area contributed by atoms with E-state index in [0.29, 0.717) is 10.8 Å². The van der Waals surface area contributed by atoms with Gasteiger partial charge in [-0.15, -0.1) is 0 Å². The maximum Gasteiger partial charge on any atom is 0.159 e. The zero-order valence-electron chi connectivity index (χ0n) is 10.1. The number of halogens is 1. The highest BCUT2D eigenvalue weighted by molar-refractivity contribution is 6.31. The molecule has 1 aromatic heterocycles. The first-order valence-corrected chi connectivity index (χ1v) is 6.35. The Morgan fingerprint density at radius 2 is 1.47 bits per heavy atom. The molecular weight excluding hydrogens is 256 g/mol. The van der Waals surface area contributed by atoms with E-state index in [4.69, 9.17) is 11.6 Å². The Balaban J connectivity index is 2.21. The van der Waals surface area contributed by atoms with E-state index in [-0.39, 0.29) is 0 Å². The zero-order valence-corrected chi connectivity index (χ0v) is 10.9. The highest BCUT2D eigenvalue weighted by Gasteiger charge is 2.09. The summed E-state index contributed by atoms with van der Waals surface area (Å²) in [5, 5.41) is 0.683. The van der Waals surface area contributed by atoms with Crippen LogP contribution >= 0.6 is 11.6 Å². The lowest BCUT2D eigenvalue weighted by molar-refractivity contribution is 1.18. The molecule has 0 aliphatic carbocycles. The van der Waals surface area contributed by atoms with Crippen molar-refractivity contribution in [2.24, 2.45) is 0 Å². The van der Waals surface area contributed by atoms with Gasteiger partial charge in [-0.3, -0.25) is 0 Å². The van der Waals surface area contributed by atoms with Crippen molar-refractivity contribution in [1.29, 1.82) is 0 Å². The molecule has 0 saturated carbocycles. The summed E-state index contributed by atoms with van der Waals surface area (Å²) in [6.45, 7) is 0. The van der Waals surface area contributed by atoms with E-state index in [0.717, 1.165) is 16.7 Å². The Labute approximate surface area is 116 Å². The average Bonchev–Trinajstić information content (AvgIpc) is 2.49. The van der Waals surface area contributed by atoms with Gasteiger partial charge in [-0.25, -0.2) is 9.97 Å².